The van der Waals surface area contributed by atoms with Gasteiger partial charge in [0.05, 0.1) is 11.6 Å². The third kappa shape index (κ3) is 4.25. The molecule has 0 aliphatic carbocycles. The molecule has 22 heavy (non-hydrogen) atoms. The molecule has 0 aromatic heterocycles. The van der Waals surface area contributed by atoms with Crippen LogP contribution in [0.3, 0.4) is 0 Å². The topological polar surface area (TPSA) is 68.2 Å². The minimum atomic E-state index is -0.276. The van der Waals surface area contributed by atoms with Gasteiger partial charge in [0.2, 0.25) is 0 Å². The van der Waals surface area contributed by atoms with Crippen LogP contribution >= 0.6 is 0 Å². The molecule has 5 nitrogen and oxygen atoms in total. The van der Waals surface area contributed by atoms with Gasteiger partial charge in [0.25, 0.3) is 0 Å². The third-order valence-corrected chi connectivity index (χ3v) is 3.18. The number of benzene rings is 2. The molecule has 5 heteroatoms. The number of hydrogen-bond acceptors (Lipinski definition) is 3. The van der Waals surface area contributed by atoms with Gasteiger partial charge in [0.15, 0.2) is 0 Å². The van der Waals surface area contributed by atoms with E-state index in [9.17, 15) is 4.79 Å². The lowest BCUT2D eigenvalue weighted by molar-refractivity contribution is 0.251. The van der Waals surface area contributed by atoms with Crippen molar-refractivity contribution in [3.8, 4) is 6.07 Å². The van der Waals surface area contributed by atoms with E-state index in [4.69, 9.17) is 5.26 Å². The maximum atomic E-state index is 11.8. The number of urea groups is 1. The number of carbonyl (C=O) groups excluding carboxylic acids is 1. The lowest BCUT2D eigenvalue weighted by Gasteiger charge is -2.13. The van der Waals surface area contributed by atoms with Crippen LogP contribution in [0.5, 0.6) is 0 Å². The molecule has 0 fully saturated rings. The van der Waals surface area contributed by atoms with Gasteiger partial charge in [0, 0.05) is 32.0 Å². The first kappa shape index (κ1) is 15.4. The molecule has 2 aromatic carbocycles. The Morgan fingerprint density at radius 1 is 1.09 bits per heavy atom. The molecule has 0 unspecified atom stereocenters. The number of nitrogens with zero attached hydrogens (tertiary/aromatic N) is 2. The van der Waals surface area contributed by atoms with E-state index in [0.717, 1.165) is 11.3 Å². The maximum absolute atomic E-state index is 11.8. The van der Waals surface area contributed by atoms with Gasteiger partial charge in [0.1, 0.15) is 0 Å². The number of anilines is 2. The molecule has 112 valence electrons. The fraction of sp³-hybridized carbons (Fsp3) is 0.176. The number of rotatable bonds is 4. The summed E-state index contributed by atoms with van der Waals surface area (Å²) in [4.78, 5) is 13.8. The quantitative estimate of drug-likeness (QED) is 0.911. The van der Waals surface area contributed by atoms with Crippen molar-refractivity contribution < 1.29 is 4.79 Å². The summed E-state index contributed by atoms with van der Waals surface area (Å²) < 4.78 is 0. The molecule has 0 bridgehead atoms. The van der Waals surface area contributed by atoms with E-state index >= 15 is 0 Å². The van der Waals surface area contributed by atoms with Crippen LogP contribution in [0.25, 0.3) is 0 Å². The van der Waals surface area contributed by atoms with Gasteiger partial charge in [-0.2, -0.15) is 5.26 Å². The highest BCUT2D eigenvalue weighted by molar-refractivity contribution is 5.89. The SMILES string of the molecule is CN(C)c1ccc(CNC(=O)Nc2ccc(C#N)cc2)cc1. The predicted molar refractivity (Wildman–Crippen MR) is 87.8 cm³/mol. The number of nitrogens with one attached hydrogen (secondary N) is 2. The smallest absolute Gasteiger partial charge is 0.319 e. The van der Waals surface area contributed by atoms with E-state index in [1.165, 1.54) is 0 Å². The standard InChI is InChI=1S/C17H18N4O/c1-21(2)16-9-5-14(6-10-16)12-19-17(22)20-15-7-3-13(11-18)4-8-15/h3-10H,12H2,1-2H3,(H2,19,20,22). The molecule has 0 saturated heterocycles. The highest BCUT2D eigenvalue weighted by atomic mass is 16.2. The molecule has 2 rings (SSSR count). The number of nitriles is 1. The normalized spacial score (nSPS) is 9.68. The van der Waals surface area contributed by atoms with Crippen molar-refractivity contribution in [3.05, 3.63) is 59.7 Å². The third-order valence-electron chi connectivity index (χ3n) is 3.18. The lowest BCUT2D eigenvalue weighted by atomic mass is 10.2. The van der Waals surface area contributed by atoms with Crippen molar-refractivity contribution in [1.29, 1.82) is 5.26 Å². The Balaban J connectivity index is 1.85. The van der Waals surface area contributed by atoms with Gasteiger partial charge in [-0.15, -0.1) is 0 Å². The van der Waals surface area contributed by atoms with Crippen LogP contribution in [0.1, 0.15) is 11.1 Å². The monoisotopic (exact) mass is 294 g/mol. The van der Waals surface area contributed by atoms with Crippen LogP contribution < -0.4 is 15.5 Å². The van der Waals surface area contributed by atoms with Crippen LogP contribution in [-0.2, 0) is 6.54 Å². The Labute approximate surface area is 130 Å². The average Bonchev–Trinajstić information content (AvgIpc) is 2.54. The number of carbonyl (C=O) groups is 1. The maximum Gasteiger partial charge on any atom is 0.319 e. The van der Waals surface area contributed by atoms with Crippen molar-refractivity contribution in [3.63, 3.8) is 0 Å². The summed E-state index contributed by atoms with van der Waals surface area (Å²) in [6.07, 6.45) is 0. The van der Waals surface area contributed by atoms with Crippen LogP contribution in [0.2, 0.25) is 0 Å². The Hall–Kier alpha value is -3.00. The van der Waals surface area contributed by atoms with E-state index in [0.29, 0.717) is 17.8 Å². The molecular weight excluding hydrogens is 276 g/mol. The Kier molecular flexibility index (Phi) is 4.99. The van der Waals surface area contributed by atoms with Crippen LogP contribution in [0, 0.1) is 11.3 Å². The van der Waals surface area contributed by atoms with Gasteiger partial charge >= 0.3 is 6.03 Å². The Morgan fingerprint density at radius 3 is 2.27 bits per heavy atom. The molecule has 2 N–H and O–H groups in total. The molecule has 0 aliphatic rings. The molecule has 0 atom stereocenters. The van der Waals surface area contributed by atoms with E-state index in [1.807, 2.05) is 49.3 Å². The van der Waals surface area contributed by atoms with Crippen molar-refractivity contribution in [2.45, 2.75) is 6.54 Å². The first-order valence-electron chi connectivity index (χ1n) is 6.90. The van der Waals surface area contributed by atoms with E-state index in [1.54, 1.807) is 24.3 Å². The summed E-state index contributed by atoms with van der Waals surface area (Å²) >= 11 is 0. The summed E-state index contributed by atoms with van der Waals surface area (Å²) in [6.45, 7) is 0.454. The Bertz CT molecular complexity index is 669. The molecule has 2 aromatic rings. The molecule has 0 saturated carbocycles. The van der Waals surface area contributed by atoms with Crippen LogP contribution in [0.4, 0.5) is 16.2 Å². The van der Waals surface area contributed by atoms with Gasteiger partial charge in [-0.1, -0.05) is 12.1 Å². The number of amides is 2. The fourth-order valence-electron chi connectivity index (χ4n) is 1.90. The second-order valence-corrected chi connectivity index (χ2v) is 5.06. The first-order chi connectivity index (χ1) is 10.6. The van der Waals surface area contributed by atoms with Crippen molar-refractivity contribution in [1.82, 2.24) is 5.32 Å². The second-order valence-electron chi connectivity index (χ2n) is 5.06. The highest BCUT2D eigenvalue weighted by Gasteiger charge is 2.02. The van der Waals surface area contributed by atoms with Crippen LogP contribution in [-0.4, -0.2) is 20.1 Å². The summed E-state index contributed by atoms with van der Waals surface area (Å²) in [5.74, 6) is 0. The molecular formula is C17H18N4O. The van der Waals surface area contributed by atoms with Gasteiger partial charge in [-0.3, -0.25) is 0 Å². The molecule has 2 amide bonds. The first-order valence-corrected chi connectivity index (χ1v) is 6.90. The van der Waals surface area contributed by atoms with Gasteiger partial charge < -0.3 is 15.5 Å². The average molecular weight is 294 g/mol. The van der Waals surface area contributed by atoms with E-state index < -0.39 is 0 Å². The Morgan fingerprint density at radius 2 is 1.73 bits per heavy atom. The molecule has 0 heterocycles. The number of hydrogen-bond donors (Lipinski definition) is 2. The zero-order valence-corrected chi connectivity index (χ0v) is 12.6. The largest absolute Gasteiger partial charge is 0.378 e. The van der Waals surface area contributed by atoms with Crippen molar-refractivity contribution in [2.75, 3.05) is 24.3 Å². The van der Waals surface area contributed by atoms with Crippen molar-refractivity contribution >= 4 is 17.4 Å². The second kappa shape index (κ2) is 7.14. The summed E-state index contributed by atoms with van der Waals surface area (Å²) in [5, 5.41) is 14.2. The summed E-state index contributed by atoms with van der Waals surface area (Å²) in [7, 11) is 3.97. The van der Waals surface area contributed by atoms with E-state index in [-0.39, 0.29) is 6.03 Å². The summed E-state index contributed by atoms with van der Waals surface area (Å²) in [6, 6.07) is 16.5. The zero-order valence-electron chi connectivity index (χ0n) is 12.6. The van der Waals surface area contributed by atoms with Crippen molar-refractivity contribution in [2.24, 2.45) is 0 Å². The lowest BCUT2D eigenvalue weighted by Crippen LogP contribution is -2.28. The van der Waals surface area contributed by atoms with E-state index in [2.05, 4.69) is 10.6 Å². The predicted octanol–water partition coefficient (Wildman–Crippen LogP) is 2.95. The molecule has 0 spiro atoms. The van der Waals surface area contributed by atoms with Crippen LogP contribution in [0.15, 0.2) is 48.5 Å². The molecule has 0 aliphatic heterocycles. The van der Waals surface area contributed by atoms with Gasteiger partial charge in [-0.25, -0.2) is 4.79 Å². The zero-order chi connectivity index (χ0) is 15.9. The highest BCUT2D eigenvalue weighted by Crippen LogP contribution is 2.12. The summed E-state index contributed by atoms with van der Waals surface area (Å²) in [5.41, 5.74) is 3.36. The molecule has 0 radical (unpaired) electrons. The minimum absolute atomic E-state index is 0.276. The minimum Gasteiger partial charge on any atom is -0.378 e. The fourth-order valence-corrected chi connectivity index (χ4v) is 1.90. The van der Waals surface area contributed by atoms with Gasteiger partial charge in [-0.05, 0) is 42.0 Å².